The molecule has 128 valence electrons. The van der Waals surface area contributed by atoms with Gasteiger partial charge in [-0.1, -0.05) is 42.5 Å². The molecule has 0 radical (unpaired) electrons. The van der Waals surface area contributed by atoms with Gasteiger partial charge in [-0.2, -0.15) is 0 Å². The molecule has 2 rings (SSSR count). The van der Waals surface area contributed by atoms with Crippen LogP contribution < -0.4 is 16.0 Å². The maximum absolute atomic E-state index is 12.4. The van der Waals surface area contributed by atoms with E-state index in [4.69, 9.17) is 5.84 Å². The van der Waals surface area contributed by atoms with Crippen LogP contribution in [0.3, 0.4) is 0 Å². The Morgan fingerprint density at radius 1 is 1.08 bits per heavy atom. The van der Waals surface area contributed by atoms with Crippen molar-refractivity contribution in [1.82, 2.24) is 10.1 Å². The minimum Gasteiger partial charge on any atom is -0.294 e. The van der Waals surface area contributed by atoms with Crippen molar-refractivity contribution in [2.75, 3.05) is 0 Å². The highest BCUT2D eigenvalue weighted by Gasteiger charge is 2.18. The van der Waals surface area contributed by atoms with E-state index in [1.165, 1.54) is 12.1 Å². The number of nitrogens with one attached hydrogen (secondary N) is 2. The first kappa shape index (κ1) is 18.1. The molecule has 0 heterocycles. The van der Waals surface area contributed by atoms with Gasteiger partial charge in [0.1, 0.15) is 0 Å². The molecule has 24 heavy (non-hydrogen) atoms. The van der Waals surface area contributed by atoms with Crippen LogP contribution in [0.25, 0.3) is 0 Å². The third kappa shape index (κ3) is 4.89. The fraction of sp³-hybridized carbons (Fsp3) is 0.235. The molecule has 0 fully saturated rings. The van der Waals surface area contributed by atoms with Crippen LogP contribution in [0.1, 0.15) is 30.5 Å². The number of nitrogens with two attached hydrogens (primary N) is 1. The zero-order valence-corrected chi connectivity index (χ0v) is 14.2. The standard InChI is InChI=1S/C17H21N3O3S/c1-13(15-5-3-2-4-6-15)20-24(22,23)16-10-7-14(8-11-16)9-12-17(21)19-18/h2-8,10-11,13,20H,9,12,18H2,1H3,(H,19,21)/t13-/m0/s1. The van der Waals surface area contributed by atoms with Crippen molar-refractivity contribution in [2.24, 2.45) is 5.84 Å². The van der Waals surface area contributed by atoms with Crippen LogP contribution >= 0.6 is 0 Å². The predicted octanol–water partition coefficient (Wildman–Crippen LogP) is 1.65. The first-order chi connectivity index (χ1) is 11.4. The molecule has 6 nitrogen and oxygen atoms in total. The van der Waals surface area contributed by atoms with Crippen LogP contribution in [0.2, 0.25) is 0 Å². The molecule has 7 heteroatoms. The number of hydrazine groups is 1. The van der Waals surface area contributed by atoms with Crippen molar-refractivity contribution in [1.29, 1.82) is 0 Å². The van der Waals surface area contributed by atoms with E-state index in [-0.39, 0.29) is 23.3 Å². The van der Waals surface area contributed by atoms with Gasteiger partial charge in [-0.3, -0.25) is 10.2 Å². The van der Waals surface area contributed by atoms with Crippen molar-refractivity contribution in [2.45, 2.75) is 30.7 Å². The van der Waals surface area contributed by atoms with Crippen molar-refractivity contribution in [3.63, 3.8) is 0 Å². The molecule has 0 aliphatic carbocycles. The fourth-order valence-corrected chi connectivity index (χ4v) is 3.51. The molecular formula is C17H21N3O3S. The van der Waals surface area contributed by atoms with E-state index in [9.17, 15) is 13.2 Å². The second-order valence-corrected chi connectivity index (χ2v) is 7.18. The van der Waals surface area contributed by atoms with Crippen LogP contribution in [-0.4, -0.2) is 14.3 Å². The summed E-state index contributed by atoms with van der Waals surface area (Å²) in [6.45, 7) is 1.80. The molecule has 2 aromatic carbocycles. The summed E-state index contributed by atoms with van der Waals surface area (Å²) in [5.74, 6) is 4.77. The van der Waals surface area contributed by atoms with Gasteiger partial charge in [-0.25, -0.2) is 19.0 Å². The van der Waals surface area contributed by atoms with Gasteiger partial charge >= 0.3 is 0 Å². The molecule has 0 bridgehead atoms. The van der Waals surface area contributed by atoms with Crippen molar-refractivity contribution in [3.8, 4) is 0 Å². The Labute approximate surface area is 142 Å². The average Bonchev–Trinajstić information content (AvgIpc) is 2.60. The number of amides is 1. The highest BCUT2D eigenvalue weighted by atomic mass is 32.2. The third-order valence-corrected chi connectivity index (χ3v) is 5.22. The molecule has 0 aliphatic heterocycles. The summed E-state index contributed by atoms with van der Waals surface area (Å²) >= 11 is 0. The number of sulfonamides is 1. The third-order valence-electron chi connectivity index (χ3n) is 3.67. The number of rotatable bonds is 7. The lowest BCUT2D eigenvalue weighted by atomic mass is 10.1. The first-order valence-corrected chi connectivity index (χ1v) is 9.06. The van der Waals surface area contributed by atoms with Gasteiger partial charge in [0, 0.05) is 12.5 Å². The minimum absolute atomic E-state index is 0.192. The maximum Gasteiger partial charge on any atom is 0.241 e. The summed E-state index contributed by atoms with van der Waals surface area (Å²) in [5.41, 5.74) is 3.83. The Balaban J connectivity index is 2.05. The molecule has 0 aromatic heterocycles. The zero-order chi connectivity index (χ0) is 17.6. The van der Waals surface area contributed by atoms with Crippen LogP contribution in [0.5, 0.6) is 0 Å². The molecule has 2 aromatic rings. The van der Waals surface area contributed by atoms with E-state index in [1.54, 1.807) is 19.1 Å². The Kier molecular flexibility index (Phi) is 6.08. The normalized spacial score (nSPS) is 12.6. The molecule has 0 saturated heterocycles. The maximum atomic E-state index is 12.4. The average molecular weight is 347 g/mol. The number of carbonyl (C=O) groups is 1. The molecule has 1 atom stereocenters. The second kappa shape index (κ2) is 8.05. The van der Waals surface area contributed by atoms with Crippen LogP contribution in [-0.2, 0) is 21.2 Å². The van der Waals surface area contributed by atoms with Gasteiger partial charge in [-0.15, -0.1) is 0 Å². The summed E-state index contributed by atoms with van der Waals surface area (Å²) < 4.78 is 27.6. The summed E-state index contributed by atoms with van der Waals surface area (Å²) in [4.78, 5) is 11.3. The lowest BCUT2D eigenvalue weighted by Crippen LogP contribution is -2.30. The van der Waals surface area contributed by atoms with Gasteiger partial charge < -0.3 is 0 Å². The van der Waals surface area contributed by atoms with Gasteiger partial charge in [0.2, 0.25) is 15.9 Å². The van der Waals surface area contributed by atoms with Crippen LogP contribution in [0, 0.1) is 0 Å². The number of hydrogen-bond acceptors (Lipinski definition) is 4. The summed E-state index contributed by atoms with van der Waals surface area (Å²) in [6, 6.07) is 15.5. The molecule has 4 N–H and O–H groups in total. The Morgan fingerprint density at radius 3 is 2.29 bits per heavy atom. The second-order valence-electron chi connectivity index (χ2n) is 5.47. The smallest absolute Gasteiger partial charge is 0.241 e. The summed E-state index contributed by atoms with van der Waals surface area (Å²) in [6.07, 6.45) is 0.753. The minimum atomic E-state index is -3.61. The molecule has 1 amide bonds. The quantitative estimate of drug-likeness (QED) is 0.403. The molecular weight excluding hydrogens is 326 g/mol. The first-order valence-electron chi connectivity index (χ1n) is 7.58. The van der Waals surface area contributed by atoms with Crippen LogP contribution in [0.15, 0.2) is 59.5 Å². The molecule has 0 spiro atoms. The van der Waals surface area contributed by atoms with Crippen molar-refractivity contribution in [3.05, 3.63) is 65.7 Å². The van der Waals surface area contributed by atoms with E-state index in [1.807, 2.05) is 30.3 Å². The summed E-state index contributed by atoms with van der Waals surface area (Å²) in [7, 11) is -3.61. The SMILES string of the molecule is C[C@H](NS(=O)(=O)c1ccc(CCC(=O)NN)cc1)c1ccccc1. The van der Waals surface area contributed by atoms with E-state index >= 15 is 0 Å². The van der Waals surface area contributed by atoms with Crippen LogP contribution in [0.4, 0.5) is 0 Å². The van der Waals surface area contributed by atoms with Gasteiger partial charge in [0.15, 0.2) is 0 Å². The predicted molar refractivity (Wildman–Crippen MR) is 92.3 cm³/mol. The lowest BCUT2D eigenvalue weighted by molar-refractivity contribution is -0.121. The Morgan fingerprint density at radius 2 is 1.71 bits per heavy atom. The van der Waals surface area contributed by atoms with E-state index in [0.29, 0.717) is 6.42 Å². The molecule has 0 saturated carbocycles. The lowest BCUT2D eigenvalue weighted by Gasteiger charge is -2.15. The molecule has 0 unspecified atom stereocenters. The number of carbonyl (C=O) groups excluding carboxylic acids is 1. The number of hydrogen-bond donors (Lipinski definition) is 3. The monoisotopic (exact) mass is 347 g/mol. The van der Waals surface area contributed by atoms with Gasteiger partial charge in [-0.05, 0) is 36.6 Å². The number of aryl methyl sites for hydroxylation is 1. The van der Waals surface area contributed by atoms with Gasteiger partial charge in [0.05, 0.1) is 4.90 Å². The van der Waals surface area contributed by atoms with Crippen molar-refractivity contribution < 1.29 is 13.2 Å². The largest absolute Gasteiger partial charge is 0.294 e. The van der Waals surface area contributed by atoms with Gasteiger partial charge in [0.25, 0.3) is 0 Å². The van der Waals surface area contributed by atoms with Crippen molar-refractivity contribution >= 4 is 15.9 Å². The molecule has 0 aliphatic rings. The van der Waals surface area contributed by atoms with E-state index in [2.05, 4.69) is 10.1 Å². The number of benzene rings is 2. The van der Waals surface area contributed by atoms with E-state index < -0.39 is 10.0 Å². The Bertz CT molecular complexity index is 774. The highest BCUT2D eigenvalue weighted by molar-refractivity contribution is 7.89. The summed E-state index contributed by atoms with van der Waals surface area (Å²) in [5, 5.41) is 0. The zero-order valence-electron chi connectivity index (χ0n) is 13.4. The Hall–Kier alpha value is -2.22. The fourth-order valence-electron chi connectivity index (χ4n) is 2.28. The van der Waals surface area contributed by atoms with E-state index in [0.717, 1.165) is 11.1 Å². The topological polar surface area (TPSA) is 101 Å². The highest BCUT2D eigenvalue weighted by Crippen LogP contribution is 2.17.